The Bertz CT molecular complexity index is 823. The van der Waals surface area contributed by atoms with Crippen LogP contribution in [0.1, 0.15) is 39.2 Å². The van der Waals surface area contributed by atoms with Crippen molar-refractivity contribution in [2.45, 2.75) is 25.4 Å². The number of hydrogen-bond donors (Lipinski definition) is 1. The van der Waals surface area contributed by atoms with Gasteiger partial charge in [0.25, 0.3) is 0 Å². The van der Waals surface area contributed by atoms with Crippen LogP contribution in [-0.4, -0.2) is 23.9 Å². The van der Waals surface area contributed by atoms with Crippen LogP contribution in [0.4, 0.5) is 0 Å². The molecular formula is C19H20N2OS3. The summed E-state index contributed by atoms with van der Waals surface area (Å²) >= 11 is 5.29. The van der Waals surface area contributed by atoms with E-state index in [0.717, 1.165) is 13.0 Å². The number of carbonyl (C=O) groups excluding carboxylic acids is 1. The molecule has 6 heteroatoms. The van der Waals surface area contributed by atoms with E-state index in [-0.39, 0.29) is 18.0 Å². The molecule has 3 aromatic rings. The molecule has 1 aliphatic rings. The molecule has 0 saturated carbocycles. The molecule has 0 aliphatic carbocycles. The summed E-state index contributed by atoms with van der Waals surface area (Å²) in [7, 11) is 0. The monoisotopic (exact) mass is 388 g/mol. The molecule has 4 rings (SSSR count). The zero-order chi connectivity index (χ0) is 17.2. The van der Waals surface area contributed by atoms with E-state index in [1.807, 2.05) is 29.7 Å². The van der Waals surface area contributed by atoms with Crippen LogP contribution in [-0.2, 0) is 11.2 Å². The zero-order valence-electron chi connectivity index (χ0n) is 14.0. The molecule has 0 saturated heterocycles. The molecule has 1 amide bonds. The van der Waals surface area contributed by atoms with Crippen molar-refractivity contribution in [2.24, 2.45) is 0 Å². The molecular weight excluding hydrogens is 368 g/mol. The fraction of sp³-hybridized carbons (Fsp3) is 0.316. The Morgan fingerprint density at radius 1 is 1.20 bits per heavy atom. The molecule has 4 heterocycles. The maximum atomic E-state index is 12.6. The fourth-order valence-corrected chi connectivity index (χ4v) is 5.91. The number of nitrogens with zero attached hydrogens (tertiary/aromatic N) is 1. The standard InChI is InChI=1S/C19H20N2OS3/c1-13(15-4-2-9-23-15)20-18(22)12-21-8-6-16-14(7-11-25-16)19(21)17-5-3-10-24-17/h2-5,7,9-11,13,19H,6,8,12H2,1H3,(H,20,22). The molecule has 25 heavy (non-hydrogen) atoms. The summed E-state index contributed by atoms with van der Waals surface area (Å²) < 4.78 is 0. The summed E-state index contributed by atoms with van der Waals surface area (Å²) in [6.07, 6.45) is 1.03. The molecule has 1 aliphatic heterocycles. The Morgan fingerprint density at radius 3 is 2.80 bits per heavy atom. The van der Waals surface area contributed by atoms with E-state index in [0.29, 0.717) is 6.54 Å². The molecule has 0 bridgehead atoms. The molecule has 0 aromatic carbocycles. The molecule has 2 unspecified atom stereocenters. The average molecular weight is 389 g/mol. The number of carbonyl (C=O) groups is 1. The first kappa shape index (κ1) is 17.0. The third kappa shape index (κ3) is 3.58. The van der Waals surface area contributed by atoms with Gasteiger partial charge in [-0.1, -0.05) is 12.1 Å². The fourth-order valence-electron chi connectivity index (χ4n) is 3.40. The van der Waals surface area contributed by atoms with E-state index in [2.05, 4.69) is 45.2 Å². The first-order chi connectivity index (χ1) is 12.2. The predicted molar refractivity (Wildman–Crippen MR) is 107 cm³/mol. The van der Waals surface area contributed by atoms with Crippen LogP contribution < -0.4 is 5.32 Å². The molecule has 1 N–H and O–H groups in total. The van der Waals surface area contributed by atoms with Gasteiger partial charge in [0.05, 0.1) is 18.6 Å². The average Bonchev–Trinajstić information content (AvgIpc) is 3.35. The van der Waals surface area contributed by atoms with Crippen LogP contribution in [0.2, 0.25) is 0 Å². The summed E-state index contributed by atoms with van der Waals surface area (Å²) in [4.78, 5) is 18.9. The van der Waals surface area contributed by atoms with Gasteiger partial charge in [-0.3, -0.25) is 9.69 Å². The summed E-state index contributed by atoms with van der Waals surface area (Å²) in [5, 5.41) is 9.49. The minimum Gasteiger partial charge on any atom is -0.348 e. The number of amides is 1. The number of rotatable bonds is 5. The number of hydrogen-bond acceptors (Lipinski definition) is 5. The lowest BCUT2D eigenvalue weighted by molar-refractivity contribution is -0.123. The van der Waals surface area contributed by atoms with Crippen LogP contribution in [0, 0.1) is 0 Å². The summed E-state index contributed by atoms with van der Waals surface area (Å²) in [6, 6.07) is 10.9. The lowest BCUT2D eigenvalue weighted by Gasteiger charge is -2.35. The molecule has 130 valence electrons. The first-order valence-corrected chi connectivity index (χ1v) is 11.0. The topological polar surface area (TPSA) is 32.3 Å². The number of nitrogens with one attached hydrogen (secondary N) is 1. The molecule has 2 atom stereocenters. The van der Waals surface area contributed by atoms with Crippen LogP contribution in [0.3, 0.4) is 0 Å². The Labute approximate surface area is 159 Å². The van der Waals surface area contributed by atoms with Crippen LogP contribution in [0.5, 0.6) is 0 Å². The van der Waals surface area contributed by atoms with E-state index in [1.165, 1.54) is 20.2 Å². The highest BCUT2D eigenvalue weighted by atomic mass is 32.1. The van der Waals surface area contributed by atoms with Gasteiger partial charge in [0, 0.05) is 21.2 Å². The van der Waals surface area contributed by atoms with Crippen LogP contribution in [0.15, 0.2) is 46.5 Å². The number of thiophene rings is 3. The first-order valence-electron chi connectivity index (χ1n) is 8.39. The second kappa shape index (κ2) is 7.41. The van der Waals surface area contributed by atoms with Gasteiger partial charge in [-0.2, -0.15) is 0 Å². The highest BCUT2D eigenvalue weighted by Gasteiger charge is 2.31. The van der Waals surface area contributed by atoms with Crippen molar-refractivity contribution >= 4 is 39.9 Å². The van der Waals surface area contributed by atoms with Gasteiger partial charge in [-0.25, -0.2) is 0 Å². The van der Waals surface area contributed by atoms with Gasteiger partial charge in [0.15, 0.2) is 0 Å². The van der Waals surface area contributed by atoms with Crippen LogP contribution >= 0.6 is 34.0 Å². The molecule has 3 aromatic heterocycles. The van der Waals surface area contributed by atoms with Gasteiger partial charge in [0.1, 0.15) is 0 Å². The number of fused-ring (bicyclic) bond motifs is 1. The SMILES string of the molecule is CC(NC(=O)CN1CCc2sccc2C1c1cccs1)c1cccs1. The van der Waals surface area contributed by atoms with Gasteiger partial charge in [-0.05, 0) is 53.2 Å². The van der Waals surface area contributed by atoms with Gasteiger partial charge >= 0.3 is 0 Å². The van der Waals surface area contributed by atoms with E-state index < -0.39 is 0 Å². The van der Waals surface area contributed by atoms with Crippen molar-refractivity contribution in [3.8, 4) is 0 Å². The van der Waals surface area contributed by atoms with Crippen LogP contribution in [0.25, 0.3) is 0 Å². The van der Waals surface area contributed by atoms with Crippen molar-refractivity contribution in [3.05, 3.63) is 66.7 Å². The minimum atomic E-state index is 0.0641. The van der Waals surface area contributed by atoms with Crippen molar-refractivity contribution in [1.29, 1.82) is 0 Å². The Kier molecular flexibility index (Phi) is 5.03. The normalized spacial score (nSPS) is 18.7. The molecule has 3 nitrogen and oxygen atoms in total. The highest BCUT2D eigenvalue weighted by Crippen LogP contribution is 2.39. The zero-order valence-corrected chi connectivity index (χ0v) is 16.4. The second-order valence-electron chi connectivity index (χ2n) is 6.24. The Morgan fingerprint density at radius 2 is 2.04 bits per heavy atom. The molecule has 0 radical (unpaired) electrons. The highest BCUT2D eigenvalue weighted by molar-refractivity contribution is 7.10. The third-order valence-corrected chi connectivity index (χ3v) is 7.55. The molecule has 0 spiro atoms. The van der Waals surface area contributed by atoms with E-state index >= 15 is 0 Å². The summed E-state index contributed by atoms with van der Waals surface area (Å²) in [6.45, 7) is 3.41. The minimum absolute atomic E-state index is 0.0641. The lowest BCUT2D eigenvalue weighted by Crippen LogP contribution is -2.43. The van der Waals surface area contributed by atoms with Crippen molar-refractivity contribution in [2.75, 3.05) is 13.1 Å². The maximum Gasteiger partial charge on any atom is 0.234 e. The van der Waals surface area contributed by atoms with E-state index in [9.17, 15) is 4.79 Å². The Balaban J connectivity index is 1.50. The Hall–Kier alpha value is -1.47. The van der Waals surface area contributed by atoms with Crippen molar-refractivity contribution < 1.29 is 4.79 Å². The van der Waals surface area contributed by atoms with Gasteiger partial charge in [0.2, 0.25) is 5.91 Å². The van der Waals surface area contributed by atoms with Crippen molar-refractivity contribution in [1.82, 2.24) is 10.2 Å². The lowest BCUT2D eigenvalue weighted by atomic mass is 9.98. The quantitative estimate of drug-likeness (QED) is 0.687. The second-order valence-corrected chi connectivity index (χ2v) is 9.20. The predicted octanol–water partition coefficient (Wildman–Crippen LogP) is 4.70. The van der Waals surface area contributed by atoms with Gasteiger partial charge in [-0.15, -0.1) is 34.0 Å². The van der Waals surface area contributed by atoms with Gasteiger partial charge < -0.3 is 5.32 Å². The third-order valence-electron chi connectivity index (χ3n) is 4.57. The van der Waals surface area contributed by atoms with E-state index in [1.54, 1.807) is 22.7 Å². The largest absolute Gasteiger partial charge is 0.348 e. The van der Waals surface area contributed by atoms with E-state index in [4.69, 9.17) is 0 Å². The maximum absolute atomic E-state index is 12.6. The smallest absolute Gasteiger partial charge is 0.234 e. The van der Waals surface area contributed by atoms with Crippen molar-refractivity contribution in [3.63, 3.8) is 0 Å². The molecule has 0 fully saturated rings. The summed E-state index contributed by atoms with van der Waals surface area (Å²) in [5.74, 6) is 0.0983. The summed E-state index contributed by atoms with van der Waals surface area (Å²) in [5.41, 5.74) is 1.37.